The van der Waals surface area contributed by atoms with E-state index in [1.54, 1.807) is 12.1 Å². The number of rotatable bonds is 1. The number of thiol groups is 1. The number of carbonyl (C=O) groups excluding carboxylic acids is 2. The van der Waals surface area contributed by atoms with Crippen LogP contribution < -0.4 is 5.32 Å². The van der Waals surface area contributed by atoms with Crippen LogP contribution in [0.3, 0.4) is 0 Å². The third kappa shape index (κ3) is 2.01. The molecule has 0 aliphatic carbocycles. The predicted molar refractivity (Wildman–Crippen MR) is 71.5 cm³/mol. The number of amides is 2. The van der Waals surface area contributed by atoms with Gasteiger partial charge in [-0.2, -0.15) is 12.6 Å². The van der Waals surface area contributed by atoms with Crippen LogP contribution >= 0.6 is 12.6 Å². The van der Waals surface area contributed by atoms with Gasteiger partial charge in [0, 0.05) is 18.5 Å². The van der Waals surface area contributed by atoms with E-state index in [0.717, 1.165) is 11.1 Å². The van der Waals surface area contributed by atoms with Gasteiger partial charge in [-0.1, -0.05) is 12.1 Å². The molecular weight excluding hydrogens is 264 g/mol. The zero-order valence-electron chi connectivity index (χ0n) is 10.2. The number of nitrogens with zero attached hydrogens (tertiary/aromatic N) is 1. The Morgan fingerprint density at radius 2 is 2.16 bits per heavy atom. The van der Waals surface area contributed by atoms with Gasteiger partial charge in [-0.15, -0.1) is 0 Å². The van der Waals surface area contributed by atoms with Crippen molar-refractivity contribution in [1.29, 1.82) is 0 Å². The number of benzene rings is 1. The van der Waals surface area contributed by atoms with E-state index in [1.807, 2.05) is 11.0 Å². The third-order valence-electron chi connectivity index (χ3n) is 3.73. The van der Waals surface area contributed by atoms with E-state index in [9.17, 15) is 14.7 Å². The number of phenols is 1. The third-order valence-corrected chi connectivity index (χ3v) is 4.31. The molecule has 6 heteroatoms. The van der Waals surface area contributed by atoms with Gasteiger partial charge in [-0.25, -0.2) is 0 Å². The van der Waals surface area contributed by atoms with E-state index < -0.39 is 0 Å². The number of fused-ring (bicyclic) bond motifs is 1. The Morgan fingerprint density at radius 1 is 1.37 bits per heavy atom. The lowest BCUT2D eigenvalue weighted by Crippen LogP contribution is -2.51. The smallest absolute Gasteiger partial charge is 0.243 e. The van der Waals surface area contributed by atoms with Gasteiger partial charge in [0.1, 0.15) is 5.75 Å². The maximum atomic E-state index is 11.9. The second-order valence-corrected chi connectivity index (χ2v) is 5.35. The number of nitrogens with one attached hydrogen (secondary N) is 1. The highest BCUT2D eigenvalue weighted by atomic mass is 32.1. The maximum Gasteiger partial charge on any atom is 0.243 e. The zero-order chi connectivity index (χ0) is 13.6. The molecule has 100 valence electrons. The largest absolute Gasteiger partial charge is 0.508 e. The van der Waals surface area contributed by atoms with Gasteiger partial charge in [-0.3, -0.25) is 19.8 Å². The Morgan fingerprint density at radius 3 is 2.84 bits per heavy atom. The summed E-state index contributed by atoms with van der Waals surface area (Å²) in [6, 6.07) is 4.93. The molecule has 0 radical (unpaired) electrons. The minimum Gasteiger partial charge on any atom is -0.508 e. The fourth-order valence-corrected chi connectivity index (χ4v) is 3.22. The number of carbonyl (C=O) groups is 2. The Labute approximate surface area is 116 Å². The molecule has 3 rings (SSSR count). The molecule has 2 amide bonds. The van der Waals surface area contributed by atoms with Gasteiger partial charge in [0.05, 0.1) is 11.4 Å². The van der Waals surface area contributed by atoms with Gasteiger partial charge in [0.2, 0.25) is 11.8 Å². The molecule has 0 saturated carbocycles. The first kappa shape index (κ1) is 12.5. The van der Waals surface area contributed by atoms with Crippen molar-refractivity contribution < 1.29 is 14.7 Å². The van der Waals surface area contributed by atoms with Crippen molar-refractivity contribution in [2.75, 3.05) is 0 Å². The first-order chi connectivity index (χ1) is 9.08. The minimum atomic E-state index is -0.369. The zero-order valence-corrected chi connectivity index (χ0v) is 11.1. The molecule has 2 aliphatic rings. The number of imide groups is 1. The summed E-state index contributed by atoms with van der Waals surface area (Å²) in [6.45, 7) is 0.475. The van der Waals surface area contributed by atoms with Crippen molar-refractivity contribution in [3.63, 3.8) is 0 Å². The minimum absolute atomic E-state index is 0.225. The van der Waals surface area contributed by atoms with Crippen LogP contribution in [0.1, 0.15) is 29.3 Å². The molecular formula is C13H14N2O3S. The number of piperidine rings is 1. The fraction of sp³-hybridized carbons (Fsp3) is 0.385. The predicted octanol–water partition coefficient (Wildman–Crippen LogP) is 0.941. The molecule has 2 atom stereocenters. The fourth-order valence-electron chi connectivity index (χ4n) is 2.73. The molecule has 5 nitrogen and oxygen atoms in total. The van der Waals surface area contributed by atoms with E-state index in [2.05, 4.69) is 17.9 Å². The van der Waals surface area contributed by atoms with Crippen LogP contribution in [0.4, 0.5) is 0 Å². The molecule has 1 fully saturated rings. The van der Waals surface area contributed by atoms with Crippen molar-refractivity contribution in [2.24, 2.45) is 0 Å². The normalized spacial score (nSPS) is 27.2. The molecule has 2 unspecified atom stereocenters. The van der Waals surface area contributed by atoms with E-state index in [1.165, 1.54) is 0 Å². The van der Waals surface area contributed by atoms with Crippen LogP contribution in [0.25, 0.3) is 0 Å². The van der Waals surface area contributed by atoms with Crippen molar-refractivity contribution in [2.45, 2.75) is 30.8 Å². The SMILES string of the molecule is O=C1CCC(N2Cc3c(O)cccc3C2S)C(=O)N1. The molecule has 0 spiro atoms. The first-order valence-corrected chi connectivity index (χ1v) is 6.68. The van der Waals surface area contributed by atoms with Gasteiger partial charge in [0.15, 0.2) is 0 Å². The van der Waals surface area contributed by atoms with Gasteiger partial charge in [-0.05, 0) is 18.1 Å². The Bertz CT molecular complexity index is 561. The molecule has 2 heterocycles. The Balaban J connectivity index is 1.87. The van der Waals surface area contributed by atoms with Gasteiger partial charge >= 0.3 is 0 Å². The number of hydrogen-bond acceptors (Lipinski definition) is 5. The highest BCUT2D eigenvalue weighted by Crippen LogP contribution is 2.42. The number of phenolic OH excluding ortho intramolecular Hbond substituents is 1. The summed E-state index contributed by atoms with van der Waals surface area (Å²) in [5.74, 6) is -0.273. The lowest BCUT2D eigenvalue weighted by Gasteiger charge is -2.32. The van der Waals surface area contributed by atoms with Crippen LogP contribution in [0.2, 0.25) is 0 Å². The second kappa shape index (κ2) is 4.54. The van der Waals surface area contributed by atoms with Crippen molar-refractivity contribution in [3.05, 3.63) is 29.3 Å². The molecule has 19 heavy (non-hydrogen) atoms. The lowest BCUT2D eigenvalue weighted by molar-refractivity contribution is -0.137. The lowest BCUT2D eigenvalue weighted by atomic mass is 10.0. The Hall–Kier alpha value is -1.53. The summed E-state index contributed by atoms with van der Waals surface area (Å²) in [7, 11) is 0. The molecule has 1 saturated heterocycles. The van der Waals surface area contributed by atoms with Gasteiger partial charge < -0.3 is 5.11 Å². The van der Waals surface area contributed by atoms with Crippen molar-refractivity contribution >= 4 is 24.4 Å². The summed E-state index contributed by atoms with van der Waals surface area (Å²) < 4.78 is 0. The van der Waals surface area contributed by atoms with Crippen molar-refractivity contribution in [1.82, 2.24) is 10.2 Å². The quantitative estimate of drug-likeness (QED) is 0.528. The van der Waals surface area contributed by atoms with E-state index in [0.29, 0.717) is 19.4 Å². The van der Waals surface area contributed by atoms with Crippen LogP contribution in [-0.2, 0) is 16.1 Å². The highest BCUT2D eigenvalue weighted by Gasteiger charge is 2.39. The molecule has 0 aromatic heterocycles. The summed E-state index contributed by atoms with van der Waals surface area (Å²) in [4.78, 5) is 25.0. The highest BCUT2D eigenvalue weighted by molar-refractivity contribution is 7.80. The monoisotopic (exact) mass is 278 g/mol. The summed E-state index contributed by atoms with van der Waals surface area (Å²) in [5.41, 5.74) is 1.74. The topological polar surface area (TPSA) is 69.6 Å². The summed E-state index contributed by atoms with van der Waals surface area (Å²) >= 11 is 4.54. The second-order valence-electron chi connectivity index (χ2n) is 4.86. The van der Waals surface area contributed by atoms with E-state index in [4.69, 9.17) is 0 Å². The van der Waals surface area contributed by atoms with Crippen molar-refractivity contribution in [3.8, 4) is 5.75 Å². The van der Waals surface area contributed by atoms with E-state index in [-0.39, 0.29) is 29.0 Å². The molecule has 0 bridgehead atoms. The molecule has 2 N–H and O–H groups in total. The first-order valence-electron chi connectivity index (χ1n) is 6.16. The van der Waals surface area contributed by atoms with E-state index >= 15 is 0 Å². The average Bonchev–Trinajstić information content (AvgIpc) is 2.69. The van der Waals surface area contributed by atoms with Crippen LogP contribution in [-0.4, -0.2) is 27.9 Å². The molecule has 1 aromatic carbocycles. The molecule has 1 aromatic rings. The number of aromatic hydroxyl groups is 1. The number of hydrogen-bond donors (Lipinski definition) is 3. The average molecular weight is 278 g/mol. The Kier molecular flexibility index (Phi) is 2.99. The van der Waals surface area contributed by atoms with Crippen LogP contribution in [0.15, 0.2) is 18.2 Å². The summed E-state index contributed by atoms with van der Waals surface area (Å²) in [5, 5.41) is 12.0. The summed E-state index contributed by atoms with van der Waals surface area (Å²) in [6.07, 6.45) is 0.839. The molecule has 2 aliphatic heterocycles. The van der Waals surface area contributed by atoms with Crippen LogP contribution in [0, 0.1) is 0 Å². The maximum absolute atomic E-state index is 11.9. The van der Waals surface area contributed by atoms with Crippen LogP contribution in [0.5, 0.6) is 5.75 Å². The van der Waals surface area contributed by atoms with Gasteiger partial charge in [0.25, 0.3) is 0 Å². The standard InChI is InChI=1S/C13H14N2O3S/c16-10-3-1-2-7-8(10)6-15(13(7)19)9-4-5-11(17)14-12(9)18/h1-3,9,13,16,19H,4-6H2,(H,14,17,18).